The summed E-state index contributed by atoms with van der Waals surface area (Å²) < 4.78 is 5.71. The predicted molar refractivity (Wildman–Crippen MR) is 108 cm³/mol. The van der Waals surface area contributed by atoms with Crippen LogP contribution in [0, 0.1) is 12.8 Å². The molecule has 0 fully saturated rings. The minimum absolute atomic E-state index is 0.0686. The largest absolute Gasteiger partial charge is 0.492 e. The number of ether oxygens (including phenoxy) is 1. The van der Waals surface area contributed by atoms with E-state index >= 15 is 0 Å². The molecule has 0 spiro atoms. The molecular weight excluding hydrogens is 356 g/mol. The quantitative estimate of drug-likeness (QED) is 0.729. The number of rotatable bonds is 5. The summed E-state index contributed by atoms with van der Waals surface area (Å²) in [6, 6.07) is 16.3. The molecule has 1 aliphatic rings. The van der Waals surface area contributed by atoms with Crippen LogP contribution in [0.15, 0.2) is 53.9 Å². The number of fused-ring (bicyclic) bond motifs is 1. The molecule has 4 nitrogen and oxygen atoms in total. The Hall–Kier alpha value is -2.66. The van der Waals surface area contributed by atoms with Crippen molar-refractivity contribution in [2.75, 3.05) is 13.2 Å². The van der Waals surface area contributed by atoms with Crippen molar-refractivity contribution < 1.29 is 9.53 Å². The number of thiazole rings is 1. The number of hydrogen-bond acceptors (Lipinski definition) is 4. The average Bonchev–Trinajstić information content (AvgIpc) is 3.14. The smallest absolute Gasteiger partial charge is 0.226 e. The Labute approximate surface area is 163 Å². The molecule has 0 bridgehead atoms. The topological polar surface area (TPSA) is 51.2 Å². The first kappa shape index (κ1) is 17.7. The predicted octanol–water partition coefficient (Wildman–Crippen LogP) is 4.03. The van der Waals surface area contributed by atoms with Crippen molar-refractivity contribution in [3.05, 3.63) is 70.0 Å². The normalized spacial score (nSPS) is 15.7. The van der Waals surface area contributed by atoms with Gasteiger partial charge in [-0.2, -0.15) is 0 Å². The Balaban J connectivity index is 1.28. The number of benzene rings is 2. The number of aryl methyl sites for hydroxylation is 1. The Morgan fingerprint density at radius 2 is 2.04 bits per heavy atom. The van der Waals surface area contributed by atoms with Crippen molar-refractivity contribution in [1.82, 2.24) is 10.3 Å². The van der Waals surface area contributed by atoms with E-state index in [1.807, 2.05) is 31.2 Å². The number of para-hydroxylation sites is 1. The minimum atomic E-state index is -0.116. The standard InChI is InChI=1S/C22H22N2O2S/c1-15-24-20(14-27-15)17-8-6-16(7-9-17)10-11-23-22(25)19-12-18-4-2-3-5-21(18)26-13-19/h2-9,14,19H,10-13H2,1H3,(H,23,25). The molecule has 5 heteroatoms. The van der Waals surface area contributed by atoms with E-state index in [0.717, 1.165) is 40.4 Å². The second kappa shape index (κ2) is 7.92. The van der Waals surface area contributed by atoms with Gasteiger partial charge in [-0.3, -0.25) is 4.79 Å². The summed E-state index contributed by atoms with van der Waals surface area (Å²) in [6.45, 7) is 3.10. The highest BCUT2D eigenvalue weighted by molar-refractivity contribution is 7.09. The summed E-state index contributed by atoms with van der Waals surface area (Å²) in [5, 5.41) is 6.21. The van der Waals surface area contributed by atoms with Gasteiger partial charge in [-0.15, -0.1) is 11.3 Å². The molecule has 1 N–H and O–H groups in total. The van der Waals surface area contributed by atoms with Gasteiger partial charge in [0, 0.05) is 17.5 Å². The lowest BCUT2D eigenvalue weighted by molar-refractivity contribution is -0.126. The van der Waals surface area contributed by atoms with Crippen LogP contribution in [-0.4, -0.2) is 24.0 Å². The molecule has 3 aromatic rings. The van der Waals surface area contributed by atoms with Crippen LogP contribution >= 0.6 is 11.3 Å². The zero-order valence-electron chi connectivity index (χ0n) is 15.3. The van der Waals surface area contributed by atoms with E-state index in [9.17, 15) is 4.79 Å². The number of amides is 1. The molecule has 1 amide bonds. The molecular formula is C22H22N2O2S. The molecule has 27 heavy (non-hydrogen) atoms. The van der Waals surface area contributed by atoms with Gasteiger partial charge in [0.05, 0.1) is 16.6 Å². The molecule has 4 rings (SSSR count). The molecule has 1 aliphatic heterocycles. The summed E-state index contributed by atoms with van der Waals surface area (Å²) >= 11 is 1.66. The Morgan fingerprint density at radius 1 is 1.22 bits per heavy atom. The average molecular weight is 378 g/mol. The monoisotopic (exact) mass is 378 g/mol. The fourth-order valence-corrected chi connectivity index (χ4v) is 3.93. The highest BCUT2D eigenvalue weighted by atomic mass is 32.1. The van der Waals surface area contributed by atoms with Crippen LogP contribution in [0.25, 0.3) is 11.3 Å². The first-order chi connectivity index (χ1) is 13.2. The summed E-state index contributed by atoms with van der Waals surface area (Å²) in [6.07, 6.45) is 1.55. The molecule has 1 atom stereocenters. The van der Waals surface area contributed by atoms with Gasteiger partial charge in [0.25, 0.3) is 0 Å². The van der Waals surface area contributed by atoms with Gasteiger partial charge >= 0.3 is 0 Å². The number of nitrogens with one attached hydrogen (secondary N) is 1. The van der Waals surface area contributed by atoms with Crippen LogP contribution in [0.3, 0.4) is 0 Å². The molecule has 2 heterocycles. The number of carbonyl (C=O) groups is 1. The fraction of sp³-hybridized carbons (Fsp3) is 0.273. The second-order valence-corrected chi connectivity index (χ2v) is 7.87. The maximum absolute atomic E-state index is 12.4. The molecule has 1 aromatic heterocycles. The summed E-state index contributed by atoms with van der Waals surface area (Å²) in [4.78, 5) is 17.0. The zero-order chi connectivity index (χ0) is 18.6. The lowest BCUT2D eigenvalue weighted by Gasteiger charge is -2.24. The van der Waals surface area contributed by atoms with E-state index in [2.05, 4.69) is 39.9 Å². The van der Waals surface area contributed by atoms with Crippen molar-refractivity contribution in [3.63, 3.8) is 0 Å². The van der Waals surface area contributed by atoms with Gasteiger partial charge in [0.2, 0.25) is 5.91 Å². The van der Waals surface area contributed by atoms with Crippen molar-refractivity contribution in [2.45, 2.75) is 19.8 Å². The third-order valence-electron chi connectivity index (χ3n) is 4.83. The van der Waals surface area contributed by atoms with E-state index in [-0.39, 0.29) is 11.8 Å². The van der Waals surface area contributed by atoms with Crippen molar-refractivity contribution in [1.29, 1.82) is 0 Å². The number of nitrogens with zero attached hydrogens (tertiary/aromatic N) is 1. The van der Waals surface area contributed by atoms with Gasteiger partial charge in [-0.25, -0.2) is 4.98 Å². The summed E-state index contributed by atoms with van der Waals surface area (Å²) in [7, 11) is 0. The van der Waals surface area contributed by atoms with Crippen molar-refractivity contribution >= 4 is 17.2 Å². The third-order valence-corrected chi connectivity index (χ3v) is 5.60. The van der Waals surface area contributed by atoms with E-state index in [0.29, 0.717) is 13.2 Å². The molecule has 138 valence electrons. The molecule has 0 aliphatic carbocycles. The SMILES string of the molecule is Cc1nc(-c2ccc(CCNC(=O)C3COc4ccccc4C3)cc2)cs1. The Kier molecular flexibility index (Phi) is 5.21. The second-order valence-electron chi connectivity index (χ2n) is 6.81. The number of carbonyl (C=O) groups excluding carboxylic acids is 1. The van der Waals surface area contributed by atoms with Gasteiger partial charge in [-0.1, -0.05) is 42.5 Å². The van der Waals surface area contributed by atoms with Crippen molar-refractivity contribution in [2.24, 2.45) is 5.92 Å². The zero-order valence-corrected chi connectivity index (χ0v) is 16.1. The molecule has 0 saturated carbocycles. The lowest BCUT2D eigenvalue weighted by Crippen LogP contribution is -2.38. The van der Waals surface area contributed by atoms with E-state index in [4.69, 9.17) is 4.74 Å². The molecule has 0 radical (unpaired) electrons. The molecule has 2 aromatic carbocycles. The highest BCUT2D eigenvalue weighted by Gasteiger charge is 2.25. The van der Waals surface area contributed by atoms with Crippen LogP contribution in [0.5, 0.6) is 5.75 Å². The van der Waals surface area contributed by atoms with Gasteiger partial charge < -0.3 is 10.1 Å². The minimum Gasteiger partial charge on any atom is -0.492 e. The first-order valence-corrected chi connectivity index (χ1v) is 10.1. The molecule has 1 unspecified atom stereocenters. The Morgan fingerprint density at radius 3 is 2.81 bits per heavy atom. The summed E-state index contributed by atoms with van der Waals surface area (Å²) in [5.41, 5.74) is 4.47. The molecule has 0 saturated heterocycles. The van der Waals surface area contributed by atoms with E-state index < -0.39 is 0 Å². The number of hydrogen-bond donors (Lipinski definition) is 1. The maximum atomic E-state index is 12.4. The van der Waals surface area contributed by atoms with Crippen LogP contribution in [0.1, 0.15) is 16.1 Å². The number of aromatic nitrogens is 1. The van der Waals surface area contributed by atoms with Gasteiger partial charge in [0.1, 0.15) is 12.4 Å². The van der Waals surface area contributed by atoms with E-state index in [1.165, 1.54) is 5.56 Å². The maximum Gasteiger partial charge on any atom is 0.226 e. The fourth-order valence-electron chi connectivity index (χ4n) is 3.31. The van der Waals surface area contributed by atoms with Crippen LogP contribution in [0.2, 0.25) is 0 Å². The van der Waals surface area contributed by atoms with E-state index in [1.54, 1.807) is 11.3 Å². The summed E-state index contributed by atoms with van der Waals surface area (Å²) in [5.74, 6) is 0.853. The first-order valence-electron chi connectivity index (χ1n) is 9.19. The Bertz CT molecular complexity index is 933. The van der Waals surface area contributed by atoms with Crippen LogP contribution in [0.4, 0.5) is 0 Å². The highest BCUT2D eigenvalue weighted by Crippen LogP contribution is 2.27. The van der Waals surface area contributed by atoms with Gasteiger partial charge in [0.15, 0.2) is 0 Å². The van der Waals surface area contributed by atoms with Gasteiger partial charge in [-0.05, 0) is 37.0 Å². The third kappa shape index (κ3) is 4.19. The van der Waals surface area contributed by atoms with Crippen molar-refractivity contribution in [3.8, 4) is 17.0 Å². The van der Waals surface area contributed by atoms with Crippen LogP contribution < -0.4 is 10.1 Å². The van der Waals surface area contributed by atoms with Crippen LogP contribution in [-0.2, 0) is 17.6 Å². The lowest BCUT2D eigenvalue weighted by atomic mass is 9.96.